The maximum Gasteiger partial charge on any atom is 0.0758 e. The lowest BCUT2D eigenvalue weighted by Gasteiger charge is -2.08. The monoisotopic (exact) mass is 309 g/mol. The van der Waals surface area contributed by atoms with Gasteiger partial charge in [-0.2, -0.15) is 10.2 Å². The van der Waals surface area contributed by atoms with E-state index in [2.05, 4.69) is 40.2 Å². The lowest BCUT2D eigenvalue weighted by atomic mass is 10.2. The number of rotatable bonds is 4. The fraction of sp³-hybridized carbons (Fsp3) is 0.600. The molecule has 0 spiro atoms. The first kappa shape index (κ1) is 15.9. The highest BCUT2D eigenvalue weighted by Crippen LogP contribution is 2.29. The standard InChI is InChI=1S/C15H23N5.ClH/c1-11-13(8-16-15-9-17-19(3)12(15)2)10-20(18-11)14-6-4-5-7-14;/h9-10,14,16H,4-8H2,1-3H3;1H. The zero-order valence-corrected chi connectivity index (χ0v) is 13.8. The van der Waals surface area contributed by atoms with Gasteiger partial charge in [-0.15, -0.1) is 12.4 Å². The van der Waals surface area contributed by atoms with Crippen LogP contribution >= 0.6 is 12.4 Å². The molecule has 0 saturated heterocycles. The minimum atomic E-state index is 0. The average Bonchev–Trinajstić information content (AvgIpc) is 3.12. The van der Waals surface area contributed by atoms with Gasteiger partial charge < -0.3 is 5.32 Å². The van der Waals surface area contributed by atoms with E-state index in [1.807, 2.05) is 17.9 Å². The molecule has 0 radical (unpaired) electrons. The third-order valence-corrected chi connectivity index (χ3v) is 4.42. The molecular formula is C15H24ClN5. The second-order valence-electron chi connectivity index (χ2n) is 5.78. The summed E-state index contributed by atoms with van der Waals surface area (Å²) < 4.78 is 4.06. The van der Waals surface area contributed by atoms with Gasteiger partial charge in [-0.1, -0.05) is 12.8 Å². The summed E-state index contributed by atoms with van der Waals surface area (Å²) in [6.45, 7) is 4.98. The van der Waals surface area contributed by atoms with E-state index < -0.39 is 0 Å². The lowest BCUT2D eigenvalue weighted by molar-refractivity contribution is 0.464. The second-order valence-corrected chi connectivity index (χ2v) is 5.78. The van der Waals surface area contributed by atoms with Crippen molar-refractivity contribution in [1.82, 2.24) is 19.6 Å². The predicted molar refractivity (Wildman–Crippen MR) is 87.0 cm³/mol. The summed E-state index contributed by atoms with van der Waals surface area (Å²) in [6, 6.07) is 0.613. The van der Waals surface area contributed by atoms with E-state index in [1.54, 1.807) is 0 Å². The Morgan fingerprint density at radius 2 is 2.00 bits per heavy atom. The van der Waals surface area contributed by atoms with Crippen molar-refractivity contribution in [2.75, 3.05) is 5.32 Å². The maximum atomic E-state index is 4.69. The Morgan fingerprint density at radius 3 is 2.62 bits per heavy atom. The van der Waals surface area contributed by atoms with E-state index in [0.29, 0.717) is 6.04 Å². The second kappa shape index (κ2) is 6.52. The van der Waals surface area contributed by atoms with Crippen molar-refractivity contribution in [2.45, 2.75) is 52.1 Å². The Kier molecular flexibility index (Phi) is 4.93. The van der Waals surface area contributed by atoms with Crippen LogP contribution in [0.25, 0.3) is 0 Å². The molecule has 0 bridgehead atoms. The van der Waals surface area contributed by atoms with Gasteiger partial charge in [0.1, 0.15) is 0 Å². The predicted octanol–water partition coefficient (Wildman–Crippen LogP) is 3.38. The molecule has 2 aromatic rings. The topological polar surface area (TPSA) is 47.7 Å². The summed E-state index contributed by atoms with van der Waals surface area (Å²) in [5.74, 6) is 0. The molecule has 2 aromatic heterocycles. The van der Waals surface area contributed by atoms with Gasteiger partial charge in [0, 0.05) is 25.4 Å². The van der Waals surface area contributed by atoms with Crippen molar-refractivity contribution in [1.29, 1.82) is 0 Å². The van der Waals surface area contributed by atoms with Crippen LogP contribution in [0.1, 0.15) is 48.7 Å². The Morgan fingerprint density at radius 1 is 1.29 bits per heavy atom. The molecule has 116 valence electrons. The van der Waals surface area contributed by atoms with Crippen molar-refractivity contribution < 1.29 is 0 Å². The maximum absolute atomic E-state index is 4.69. The van der Waals surface area contributed by atoms with Crippen LogP contribution in [0, 0.1) is 13.8 Å². The first-order chi connectivity index (χ1) is 9.65. The molecule has 0 amide bonds. The molecule has 3 rings (SSSR count). The van der Waals surface area contributed by atoms with Crippen LogP contribution in [-0.2, 0) is 13.6 Å². The van der Waals surface area contributed by atoms with Gasteiger partial charge in [-0.3, -0.25) is 9.36 Å². The molecule has 1 aliphatic rings. The molecule has 1 saturated carbocycles. The largest absolute Gasteiger partial charge is 0.378 e. The highest BCUT2D eigenvalue weighted by molar-refractivity contribution is 5.85. The fourth-order valence-electron chi connectivity index (χ4n) is 2.91. The van der Waals surface area contributed by atoms with Crippen molar-refractivity contribution >= 4 is 18.1 Å². The number of nitrogens with zero attached hydrogens (tertiary/aromatic N) is 4. The van der Waals surface area contributed by atoms with Crippen LogP contribution in [0.3, 0.4) is 0 Å². The van der Waals surface area contributed by atoms with E-state index in [-0.39, 0.29) is 12.4 Å². The normalized spacial score (nSPS) is 15.2. The van der Waals surface area contributed by atoms with Crippen molar-refractivity contribution in [2.24, 2.45) is 7.05 Å². The van der Waals surface area contributed by atoms with Gasteiger partial charge in [-0.05, 0) is 26.7 Å². The number of halogens is 1. The number of nitrogens with one attached hydrogen (secondary N) is 1. The molecule has 0 atom stereocenters. The molecule has 1 N–H and O–H groups in total. The van der Waals surface area contributed by atoms with Crippen molar-refractivity contribution in [3.05, 3.63) is 29.3 Å². The summed E-state index contributed by atoms with van der Waals surface area (Å²) in [5.41, 5.74) is 4.66. The van der Waals surface area contributed by atoms with Crippen molar-refractivity contribution in [3.63, 3.8) is 0 Å². The van der Waals surface area contributed by atoms with Gasteiger partial charge in [0.15, 0.2) is 0 Å². The number of anilines is 1. The van der Waals surface area contributed by atoms with Crippen LogP contribution < -0.4 is 5.32 Å². The zero-order valence-electron chi connectivity index (χ0n) is 13.0. The smallest absolute Gasteiger partial charge is 0.0758 e. The molecule has 21 heavy (non-hydrogen) atoms. The summed E-state index contributed by atoms with van der Waals surface area (Å²) in [5, 5.41) is 12.4. The zero-order chi connectivity index (χ0) is 14.1. The van der Waals surface area contributed by atoms with Crippen LogP contribution in [0.15, 0.2) is 12.4 Å². The van der Waals surface area contributed by atoms with Crippen molar-refractivity contribution in [3.8, 4) is 0 Å². The number of aromatic nitrogens is 4. The van der Waals surface area contributed by atoms with Gasteiger partial charge >= 0.3 is 0 Å². The van der Waals surface area contributed by atoms with Gasteiger partial charge in [-0.25, -0.2) is 0 Å². The Balaban J connectivity index is 0.00000161. The highest BCUT2D eigenvalue weighted by atomic mass is 35.5. The first-order valence-corrected chi connectivity index (χ1v) is 7.42. The van der Waals surface area contributed by atoms with Gasteiger partial charge in [0.05, 0.1) is 29.3 Å². The fourth-order valence-corrected chi connectivity index (χ4v) is 2.91. The third-order valence-electron chi connectivity index (χ3n) is 4.42. The molecule has 0 unspecified atom stereocenters. The van der Waals surface area contributed by atoms with E-state index in [1.165, 1.54) is 31.2 Å². The van der Waals surface area contributed by atoms with Gasteiger partial charge in [0.25, 0.3) is 0 Å². The Bertz CT molecular complexity index is 595. The van der Waals surface area contributed by atoms with Gasteiger partial charge in [0.2, 0.25) is 0 Å². The molecule has 5 nitrogen and oxygen atoms in total. The summed E-state index contributed by atoms with van der Waals surface area (Å²) in [7, 11) is 1.96. The van der Waals surface area contributed by atoms with Crippen LogP contribution in [-0.4, -0.2) is 19.6 Å². The molecule has 2 heterocycles. The molecule has 6 heteroatoms. The summed E-state index contributed by atoms with van der Waals surface area (Å²) in [4.78, 5) is 0. The Hall–Kier alpha value is -1.49. The minimum Gasteiger partial charge on any atom is -0.378 e. The molecule has 0 aromatic carbocycles. The van der Waals surface area contributed by atoms with E-state index in [9.17, 15) is 0 Å². The van der Waals surface area contributed by atoms with E-state index in [0.717, 1.165) is 23.6 Å². The number of aryl methyl sites for hydroxylation is 2. The summed E-state index contributed by atoms with van der Waals surface area (Å²) in [6.07, 6.45) is 9.32. The highest BCUT2D eigenvalue weighted by Gasteiger charge is 2.18. The minimum absolute atomic E-state index is 0. The third kappa shape index (κ3) is 3.23. The van der Waals surface area contributed by atoms with Crippen LogP contribution in [0.5, 0.6) is 0 Å². The average molecular weight is 310 g/mol. The SMILES string of the molecule is Cc1nn(C2CCCC2)cc1CNc1cnn(C)c1C.Cl. The number of hydrogen-bond donors (Lipinski definition) is 1. The lowest BCUT2D eigenvalue weighted by Crippen LogP contribution is -2.05. The molecule has 0 aliphatic heterocycles. The molecule has 1 fully saturated rings. The van der Waals surface area contributed by atoms with E-state index in [4.69, 9.17) is 0 Å². The molecule has 1 aliphatic carbocycles. The quantitative estimate of drug-likeness (QED) is 0.942. The summed E-state index contributed by atoms with van der Waals surface area (Å²) >= 11 is 0. The first-order valence-electron chi connectivity index (χ1n) is 7.42. The molecular weight excluding hydrogens is 286 g/mol. The Labute approximate surface area is 132 Å². The van der Waals surface area contributed by atoms with E-state index >= 15 is 0 Å². The van der Waals surface area contributed by atoms with Crippen LogP contribution in [0.2, 0.25) is 0 Å². The number of hydrogen-bond acceptors (Lipinski definition) is 3. The van der Waals surface area contributed by atoms with Crippen LogP contribution in [0.4, 0.5) is 5.69 Å².